The van der Waals surface area contributed by atoms with E-state index in [-0.39, 0.29) is 0 Å². The molecule has 0 aliphatic rings. The van der Waals surface area contributed by atoms with Gasteiger partial charge in [0.25, 0.3) is 0 Å². The van der Waals surface area contributed by atoms with Gasteiger partial charge in [-0.05, 0) is 13.0 Å². The van der Waals surface area contributed by atoms with Crippen molar-refractivity contribution in [3.63, 3.8) is 0 Å². The molecule has 10 heavy (non-hydrogen) atoms. The molecule has 0 atom stereocenters. The molecule has 2 N–H and O–H groups in total. The van der Waals surface area contributed by atoms with Gasteiger partial charge in [-0.1, -0.05) is 18.7 Å². The fraction of sp³-hybridized carbons (Fsp3) is 0.250. The van der Waals surface area contributed by atoms with Crippen LogP contribution in [0, 0.1) is 0 Å². The molecule has 0 heterocycles. The van der Waals surface area contributed by atoms with Crippen molar-refractivity contribution in [3.8, 4) is 0 Å². The van der Waals surface area contributed by atoms with Crippen molar-refractivity contribution in [2.75, 3.05) is 7.11 Å². The average molecular weight is 139 g/mol. The summed E-state index contributed by atoms with van der Waals surface area (Å²) in [7, 11) is 1.58. The van der Waals surface area contributed by atoms with Gasteiger partial charge < -0.3 is 10.5 Å². The molecule has 0 aliphatic heterocycles. The van der Waals surface area contributed by atoms with Crippen LogP contribution in [0.3, 0.4) is 0 Å². The quantitative estimate of drug-likeness (QED) is 0.475. The molecule has 2 heteroatoms. The second-order valence-electron chi connectivity index (χ2n) is 1.71. The Morgan fingerprint density at radius 2 is 2.20 bits per heavy atom. The second-order valence-corrected chi connectivity index (χ2v) is 1.71. The van der Waals surface area contributed by atoms with Gasteiger partial charge in [0, 0.05) is 0 Å². The van der Waals surface area contributed by atoms with Crippen LogP contribution in [0.15, 0.2) is 36.3 Å². The maximum absolute atomic E-state index is 5.53. The molecule has 0 bridgehead atoms. The lowest BCUT2D eigenvalue weighted by molar-refractivity contribution is 0.300. The van der Waals surface area contributed by atoms with Gasteiger partial charge in [0.05, 0.1) is 12.8 Å². The third kappa shape index (κ3) is 2.40. The normalized spacial score (nSPS) is 13.0. The van der Waals surface area contributed by atoms with Gasteiger partial charge in [0.2, 0.25) is 0 Å². The predicted molar refractivity (Wildman–Crippen MR) is 43.2 cm³/mol. The van der Waals surface area contributed by atoms with Crippen molar-refractivity contribution in [3.05, 3.63) is 36.3 Å². The van der Waals surface area contributed by atoms with E-state index in [9.17, 15) is 0 Å². The third-order valence-electron chi connectivity index (χ3n) is 1.08. The molecule has 2 nitrogen and oxygen atoms in total. The molecule has 0 amide bonds. The minimum Gasteiger partial charge on any atom is -0.495 e. The van der Waals surface area contributed by atoms with Crippen molar-refractivity contribution < 1.29 is 4.74 Å². The van der Waals surface area contributed by atoms with E-state index in [0.29, 0.717) is 11.5 Å². The van der Waals surface area contributed by atoms with Gasteiger partial charge in [-0.2, -0.15) is 0 Å². The smallest absolute Gasteiger partial charge is 0.141 e. The highest BCUT2D eigenvalue weighted by atomic mass is 16.5. The van der Waals surface area contributed by atoms with E-state index < -0.39 is 0 Å². The lowest BCUT2D eigenvalue weighted by Crippen LogP contribution is -2.01. The van der Waals surface area contributed by atoms with Crippen molar-refractivity contribution in [2.45, 2.75) is 6.92 Å². The minimum atomic E-state index is 0.627. The highest BCUT2D eigenvalue weighted by Gasteiger charge is 1.94. The Balaban J connectivity index is 4.35. The number of methoxy groups -OCH3 is 1. The van der Waals surface area contributed by atoms with Crippen molar-refractivity contribution in [1.82, 2.24) is 0 Å². The summed E-state index contributed by atoms with van der Waals surface area (Å²) in [6.07, 6.45) is 5.13. The van der Waals surface area contributed by atoms with Crippen LogP contribution in [0.4, 0.5) is 0 Å². The summed E-state index contributed by atoms with van der Waals surface area (Å²) in [6.45, 7) is 5.38. The Morgan fingerprint density at radius 1 is 1.60 bits per heavy atom. The predicted octanol–water partition coefficient (Wildman–Crippen LogP) is 1.57. The summed E-state index contributed by atoms with van der Waals surface area (Å²) >= 11 is 0. The van der Waals surface area contributed by atoms with Gasteiger partial charge in [-0.3, -0.25) is 0 Å². The first-order valence-electron chi connectivity index (χ1n) is 3.05. The van der Waals surface area contributed by atoms with E-state index in [2.05, 4.69) is 6.58 Å². The van der Waals surface area contributed by atoms with Crippen LogP contribution in [0.5, 0.6) is 0 Å². The van der Waals surface area contributed by atoms with E-state index in [0.717, 1.165) is 0 Å². The minimum absolute atomic E-state index is 0.627. The number of ether oxygens (including phenoxy) is 1. The van der Waals surface area contributed by atoms with Crippen LogP contribution in [0.25, 0.3) is 0 Å². The number of hydrogen-bond donors (Lipinski definition) is 1. The Kier molecular flexibility index (Phi) is 4.12. The summed E-state index contributed by atoms with van der Waals surface area (Å²) < 4.78 is 4.94. The first kappa shape index (κ1) is 8.82. The zero-order chi connectivity index (χ0) is 7.98. The molecule has 0 radical (unpaired) electrons. The molecule has 0 saturated heterocycles. The van der Waals surface area contributed by atoms with Crippen molar-refractivity contribution in [2.24, 2.45) is 5.73 Å². The van der Waals surface area contributed by atoms with Gasteiger partial charge >= 0.3 is 0 Å². The largest absolute Gasteiger partial charge is 0.495 e. The van der Waals surface area contributed by atoms with E-state index in [1.165, 1.54) is 0 Å². The molecular formula is C8H13NO. The Morgan fingerprint density at radius 3 is 2.50 bits per heavy atom. The Bertz CT molecular complexity index is 168. The van der Waals surface area contributed by atoms with Crippen LogP contribution in [0.1, 0.15) is 6.92 Å². The molecule has 56 valence electrons. The highest BCUT2D eigenvalue weighted by molar-refractivity contribution is 5.24. The summed E-state index contributed by atoms with van der Waals surface area (Å²) in [6, 6.07) is 0. The molecule has 0 aromatic heterocycles. The zero-order valence-corrected chi connectivity index (χ0v) is 6.42. The van der Waals surface area contributed by atoms with Gasteiger partial charge in [0.15, 0.2) is 0 Å². The van der Waals surface area contributed by atoms with Crippen LogP contribution >= 0.6 is 0 Å². The van der Waals surface area contributed by atoms with Crippen LogP contribution < -0.4 is 5.73 Å². The molecule has 0 saturated carbocycles. The summed E-state index contributed by atoms with van der Waals surface area (Å²) in [4.78, 5) is 0. The van der Waals surface area contributed by atoms with E-state index in [1.807, 2.05) is 6.92 Å². The van der Waals surface area contributed by atoms with Gasteiger partial charge in [-0.25, -0.2) is 0 Å². The molecule has 0 aliphatic carbocycles. The van der Waals surface area contributed by atoms with Crippen molar-refractivity contribution in [1.29, 1.82) is 0 Å². The van der Waals surface area contributed by atoms with Crippen molar-refractivity contribution >= 4 is 0 Å². The number of hydrogen-bond acceptors (Lipinski definition) is 2. The van der Waals surface area contributed by atoms with Gasteiger partial charge in [0.1, 0.15) is 5.76 Å². The molecule has 0 unspecified atom stereocenters. The second kappa shape index (κ2) is 4.68. The lowest BCUT2D eigenvalue weighted by Gasteiger charge is -2.03. The Hall–Kier alpha value is -1.18. The third-order valence-corrected chi connectivity index (χ3v) is 1.08. The number of rotatable bonds is 3. The van der Waals surface area contributed by atoms with E-state index in [1.54, 1.807) is 25.3 Å². The maximum Gasteiger partial charge on any atom is 0.141 e. The summed E-state index contributed by atoms with van der Waals surface area (Å²) in [5.74, 6) is 0.650. The van der Waals surface area contributed by atoms with Crippen LogP contribution in [-0.2, 0) is 4.74 Å². The van der Waals surface area contributed by atoms with E-state index >= 15 is 0 Å². The fourth-order valence-corrected chi connectivity index (χ4v) is 0.531. The van der Waals surface area contributed by atoms with Crippen LogP contribution in [0.2, 0.25) is 0 Å². The summed E-state index contributed by atoms with van der Waals surface area (Å²) in [5, 5.41) is 0. The molecule has 0 rings (SSSR count). The lowest BCUT2D eigenvalue weighted by atomic mass is 10.3. The molecular weight excluding hydrogens is 126 g/mol. The highest BCUT2D eigenvalue weighted by Crippen LogP contribution is 2.03. The standard InChI is InChI=1S/C8H13NO/c1-4-6-8(10-3)7(9)5-2/h4-6H,1,9H2,2-3H3/b7-5+,8-6+. The Labute approximate surface area is 61.7 Å². The molecule has 0 aromatic rings. The zero-order valence-electron chi connectivity index (χ0n) is 6.42. The molecule has 0 spiro atoms. The van der Waals surface area contributed by atoms with E-state index in [4.69, 9.17) is 10.5 Å². The summed E-state index contributed by atoms with van der Waals surface area (Å²) in [5.41, 5.74) is 6.16. The first-order valence-corrected chi connectivity index (χ1v) is 3.05. The number of nitrogens with two attached hydrogens (primary N) is 1. The SMILES string of the molecule is C=C/C=C(OC)\C(N)=C/C. The molecule has 0 fully saturated rings. The van der Waals surface area contributed by atoms with Crippen LogP contribution in [-0.4, -0.2) is 7.11 Å². The average Bonchev–Trinajstić information content (AvgIpc) is 1.99. The fourth-order valence-electron chi connectivity index (χ4n) is 0.531. The molecule has 0 aromatic carbocycles. The van der Waals surface area contributed by atoms with Gasteiger partial charge in [-0.15, -0.1) is 0 Å². The monoisotopic (exact) mass is 139 g/mol. The maximum atomic E-state index is 5.53. The topological polar surface area (TPSA) is 35.2 Å². The number of allylic oxidation sites excluding steroid dienone is 3. The first-order chi connectivity index (χ1) is 4.76.